The molecule has 0 saturated carbocycles. The Morgan fingerprint density at radius 3 is 2.36 bits per heavy atom. The van der Waals surface area contributed by atoms with Crippen LogP contribution in [0.2, 0.25) is 0 Å². The molecule has 2 aromatic carbocycles. The maximum absolute atomic E-state index is 13.0. The number of para-hydroxylation sites is 1. The number of likely N-dealkylation sites (tertiary alicyclic amines) is 1. The molecule has 4 rings (SSSR count). The molecule has 0 aromatic heterocycles. The second-order valence-electron chi connectivity index (χ2n) is 6.86. The van der Waals surface area contributed by atoms with E-state index in [-0.39, 0.29) is 11.7 Å². The number of nitrogens with zero attached hydrogens (tertiary/aromatic N) is 2. The number of carbonyl (C=O) groups is 1. The molecular formula is C20H22FN3O. The van der Waals surface area contributed by atoms with E-state index in [1.807, 2.05) is 30.3 Å². The van der Waals surface area contributed by atoms with Gasteiger partial charge in [-0.2, -0.15) is 0 Å². The van der Waals surface area contributed by atoms with E-state index < -0.39 is 5.54 Å². The Morgan fingerprint density at radius 2 is 1.68 bits per heavy atom. The third kappa shape index (κ3) is 3.00. The van der Waals surface area contributed by atoms with Crippen LogP contribution in [0.5, 0.6) is 0 Å². The zero-order chi connectivity index (χ0) is 17.3. The van der Waals surface area contributed by atoms with Crippen LogP contribution in [0.25, 0.3) is 0 Å². The molecule has 4 nitrogen and oxygen atoms in total. The van der Waals surface area contributed by atoms with Gasteiger partial charge in [0.25, 0.3) is 0 Å². The largest absolute Gasteiger partial charge is 0.339 e. The number of piperidine rings is 1. The molecular weight excluding hydrogens is 317 g/mol. The monoisotopic (exact) mass is 339 g/mol. The molecule has 2 saturated heterocycles. The minimum absolute atomic E-state index is 0.137. The summed E-state index contributed by atoms with van der Waals surface area (Å²) < 4.78 is 13.0. The lowest BCUT2D eigenvalue weighted by molar-refractivity contribution is -0.125. The first-order chi connectivity index (χ1) is 12.2. The van der Waals surface area contributed by atoms with Crippen molar-refractivity contribution in [2.24, 2.45) is 0 Å². The Morgan fingerprint density at radius 1 is 1.00 bits per heavy atom. The van der Waals surface area contributed by atoms with Gasteiger partial charge in [-0.1, -0.05) is 30.3 Å². The molecule has 2 aliphatic heterocycles. The number of hydrogen-bond acceptors (Lipinski definition) is 3. The summed E-state index contributed by atoms with van der Waals surface area (Å²) in [5, 5.41) is 3.03. The van der Waals surface area contributed by atoms with Crippen LogP contribution in [-0.2, 0) is 11.3 Å². The van der Waals surface area contributed by atoms with E-state index in [1.54, 1.807) is 0 Å². The highest BCUT2D eigenvalue weighted by molar-refractivity contribution is 5.93. The molecule has 0 unspecified atom stereocenters. The maximum atomic E-state index is 13.0. The Bertz CT molecular complexity index is 739. The number of carbonyl (C=O) groups excluding carboxylic acids is 1. The molecule has 2 heterocycles. The highest BCUT2D eigenvalue weighted by Gasteiger charge is 2.50. The predicted molar refractivity (Wildman–Crippen MR) is 95.6 cm³/mol. The van der Waals surface area contributed by atoms with Crippen molar-refractivity contribution in [3.8, 4) is 0 Å². The van der Waals surface area contributed by atoms with E-state index in [0.717, 1.165) is 43.7 Å². The van der Waals surface area contributed by atoms with Gasteiger partial charge in [0.2, 0.25) is 5.91 Å². The fourth-order valence-corrected chi connectivity index (χ4v) is 3.96. The summed E-state index contributed by atoms with van der Waals surface area (Å²) in [6.45, 7) is 3.08. The van der Waals surface area contributed by atoms with Crippen molar-refractivity contribution in [3.05, 3.63) is 66.0 Å². The molecule has 1 amide bonds. The number of rotatable bonds is 3. The van der Waals surface area contributed by atoms with E-state index in [4.69, 9.17) is 0 Å². The zero-order valence-corrected chi connectivity index (χ0v) is 14.1. The SMILES string of the molecule is O=C1NCN(c2ccccc2)C12CCN(Cc1ccc(F)cc1)CC2. The number of anilines is 1. The first-order valence-corrected chi connectivity index (χ1v) is 8.75. The van der Waals surface area contributed by atoms with Crippen LogP contribution in [0, 0.1) is 5.82 Å². The van der Waals surface area contributed by atoms with Gasteiger partial charge in [0.1, 0.15) is 11.4 Å². The van der Waals surface area contributed by atoms with Gasteiger partial charge >= 0.3 is 0 Å². The second-order valence-corrected chi connectivity index (χ2v) is 6.86. The Labute approximate surface area is 147 Å². The summed E-state index contributed by atoms with van der Waals surface area (Å²) >= 11 is 0. The lowest BCUT2D eigenvalue weighted by atomic mass is 9.85. The molecule has 1 spiro atoms. The molecule has 5 heteroatoms. The van der Waals surface area contributed by atoms with Crippen molar-refractivity contribution in [2.45, 2.75) is 24.9 Å². The molecule has 2 aromatic rings. The fraction of sp³-hybridized carbons (Fsp3) is 0.350. The molecule has 130 valence electrons. The molecule has 0 atom stereocenters. The van der Waals surface area contributed by atoms with Crippen molar-refractivity contribution < 1.29 is 9.18 Å². The van der Waals surface area contributed by atoms with Crippen LogP contribution in [0.15, 0.2) is 54.6 Å². The Kier molecular flexibility index (Phi) is 4.17. The summed E-state index contributed by atoms with van der Waals surface area (Å²) in [4.78, 5) is 17.2. The van der Waals surface area contributed by atoms with Gasteiger partial charge in [0.05, 0.1) is 6.67 Å². The van der Waals surface area contributed by atoms with Crippen LogP contribution in [0.4, 0.5) is 10.1 Å². The lowest BCUT2D eigenvalue weighted by Crippen LogP contribution is -2.56. The topological polar surface area (TPSA) is 35.6 Å². The molecule has 2 aliphatic rings. The highest BCUT2D eigenvalue weighted by atomic mass is 19.1. The number of halogens is 1. The number of benzene rings is 2. The van der Waals surface area contributed by atoms with Crippen molar-refractivity contribution in [2.75, 3.05) is 24.7 Å². The fourth-order valence-electron chi connectivity index (χ4n) is 3.96. The van der Waals surface area contributed by atoms with E-state index >= 15 is 0 Å². The van der Waals surface area contributed by atoms with Gasteiger partial charge in [-0.15, -0.1) is 0 Å². The number of amides is 1. The summed E-state index contributed by atoms with van der Waals surface area (Å²) in [6.07, 6.45) is 1.60. The van der Waals surface area contributed by atoms with Gasteiger partial charge in [-0.3, -0.25) is 9.69 Å². The Balaban J connectivity index is 1.47. The average molecular weight is 339 g/mol. The first-order valence-electron chi connectivity index (χ1n) is 8.75. The molecule has 25 heavy (non-hydrogen) atoms. The highest BCUT2D eigenvalue weighted by Crippen LogP contribution is 2.36. The molecule has 0 bridgehead atoms. The van der Waals surface area contributed by atoms with Crippen LogP contribution in [-0.4, -0.2) is 36.1 Å². The van der Waals surface area contributed by atoms with Gasteiger partial charge in [0.15, 0.2) is 0 Å². The number of hydrogen-bond donors (Lipinski definition) is 1. The van der Waals surface area contributed by atoms with Crippen LogP contribution < -0.4 is 10.2 Å². The van der Waals surface area contributed by atoms with E-state index in [1.165, 1.54) is 12.1 Å². The standard InChI is InChI=1S/C20H22FN3O/c21-17-8-6-16(7-9-17)14-23-12-10-20(11-13-23)19(25)22-15-24(20)18-4-2-1-3-5-18/h1-9H,10-15H2,(H,22,25). The minimum Gasteiger partial charge on any atom is -0.339 e. The van der Waals surface area contributed by atoms with Gasteiger partial charge in [-0.05, 0) is 42.7 Å². The summed E-state index contributed by atoms with van der Waals surface area (Å²) in [5.74, 6) is -0.0692. The quantitative estimate of drug-likeness (QED) is 0.934. The van der Waals surface area contributed by atoms with E-state index in [9.17, 15) is 9.18 Å². The normalized spacial score (nSPS) is 20.0. The summed E-state index contributed by atoms with van der Waals surface area (Å²) in [5.41, 5.74) is 1.75. The van der Waals surface area contributed by atoms with E-state index in [2.05, 4.69) is 27.2 Å². The lowest BCUT2D eigenvalue weighted by Gasteiger charge is -2.43. The molecule has 0 radical (unpaired) electrons. The predicted octanol–water partition coefficient (Wildman–Crippen LogP) is 2.75. The van der Waals surface area contributed by atoms with Gasteiger partial charge in [-0.25, -0.2) is 4.39 Å². The van der Waals surface area contributed by atoms with Crippen LogP contribution in [0.1, 0.15) is 18.4 Å². The third-order valence-electron chi connectivity index (χ3n) is 5.41. The van der Waals surface area contributed by atoms with Crippen molar-refractivity contribution in [1.82, 2.24) is 10.2 Å². The minimum atomic E-state index is -0.444. The zero-order valence-electron chi connectivity index (χ0n) is 14.1. The summed E-state index contributed by atoms with van der Waals surface area (Å²) in [7, 11) is 0. The van der Waals surface area contributed by atoms with Crippen molar-refractivity contribution in [1.29, 1.82) is 0 Å². The average Bonchev–Trinajstić information content (AvgIpc) is 2.96. The molecule has 0 aliphatic carbocycles. The van der Waals surface area contributed by atoms with Crippen LogP contribution >= 0.6 is 0 Å². The number of nitrogens with one attached hydrogen (secondary N) is 1. The van der Waals surface area contributed by atoms with Gasteiger partial charge < -0.3 is 10.2 Å². The van der Waals surface area contributed by atoms with Crippen molar-refractivity contribution >= 4 is 11.6 Å². The van der Waals surface area contributed by atoms with Crippen LogP contribution in [0.3, 0.4) is 0 Å². The molecule has 2 fully saturated rings. The van der Waals surface area contributed by atoms with Gasteiger partial charge in [0, 0.05) is 25.3 Å². The first kappa shape index (κ1) is 16.1. The Hall–Kier alpha value is -2.40. The second kappa shape index (κ2) is 6.48. The maximum Gasteiger partial charge on any atom is 0.247 e. The van der Waals surface area contributed by atoms with E-state index in [0.29, 0.717) is 6.67 Å². The third-order valence-corrected chi connectivity index (χ3v) is 5.41. The smallest absolute Gasteiger partial charge is 0.247 e. The molecule has 1 N–H and O–H groups in total. The van der Waals surface area contributed by atoms with Crippen molar-refractivity contribution in [3.63, 3.8) is 0 Å². The summed E-state index contributed by atoms with van der Waals surface area (Å²) in [6, 6.07) is 16.8.